The molecule has 4 aromatic rings. The lowest BCUT2D eigenvalue weighted by atomic mass is 9.82. The molecule has 2 unspecified atom stereocenters. The average Bonchev–Trinajstić information content (AvgIpc) is 3.69. The van der Waals surface area contributed by atoms with Gasteiger partial charge in [0.15, 0.2) is 0 Å². The maximum atomic E-state index is 13.1. The fourth-order valence-electron chi connectivity index (χ4n) is 6.67. The number of benzene rings is 2. The summed E-state index contributed by atoms with van der Waals surface area (Å²) >= 11 is 0. The molecule has 44 heavy (non-hydrogen) atoms. The van der Waals surface area contributed by atoms with E-state index < -0.39 is 16.4 Å². The van der Waals surface area contributed by atoms with Crippen molar-refractivity contribution < 1.29 is 35.6 Å². The summed E-state index contributed by atoms with van der Waals surface area (Å²) in [6.45, 7) is 0.184. The molecule has 3 aliphatic carbocycles. The highest BCUT2D eigenvalue weighted by atomic mass is 32.2. The minimum atomic E-state index is -4.84. The Bertz CT molecular complexity index is 1800. The van der Waals surface area contributed by atoms with Crippen LogP contribution < -0.4 is 15.2 Å². The SMILES string of the molecule is NS(=O)(=O)c1ccc2nc(NC3C4CCC3CC(OCc3c(-c5ccccc5OC(F)(F)F)noc3C3CC3)C4)cnc2c1. The number of anilines is 1. The molecule has 2 aromatic heterocycles. The highest BCUT2D eigenvalue weighted by molar-refractivity contribution is 7.89. The van der Waals surface area contributed by atoms with E-state index in [0.29, 0.717) is 45.7 Å². The number of fused-ring (bicyclic) bond motifs is 3. The van der Waals surface area contributed by atoms with Gasteiger partial charge in [-0.3, -0.25) is 4.98 Å². The summed E-state index contributed by atoms with van der Waals surface area (Å²) in [5, 5.41) is 13.0. The standard InChI is InChI=1S/C30H30F3N5O5S/c31-30(32,33)42-25-4-2-1-3-21(25)28-22(29(43-38-28)16-5-6-16)15-41-19-11-17-7-8-18(12-19)27(17)37-26-14-35-24-13-20(44(34,39)40)9-10-23(24)36-26/h1-4,9-10,13-14,16-19,27H,5-8,11-12,15H2,(H,36,37)(H2,34,39,40). The summed E-state index contributed by atoms with van der Waals surface area (Å²) in [5.41, 5.74) is 2.20. The number of hydrogen-bond acceptors (Lipinski definition) is 9. The van der Waals surface area contributed by atoms with E-state index in [0.717, 1.165) is 38.5 Å². The molecule has 2 aromatic carbocycles. The number of sulfonamides is 1. The first-order chi connectivity index (χ1) is 21.0. The number of rotatable bonds is 9. The molecule has 3 saturated carbocycles. The minimum absolute atomic E-state index is 0.0159. The summed E-state index contributed by atoms with van der Waals surface area (Å²) in [6, 6.07) is 10.5. The molecule has 0 radical (unpaired) electrons. The van der Waals surface area contributed by atoms with E-state index in [1.807, 2.05) is 0 Å². The van der Waals surface area contributed by atoms with Crippen molar-refractivity contribution >= 4 is 26.9 Å². The summed E-state index contributed by atoms with van der Waals surface area (Å²) in [5.74, 6) is 1.83. The average molecular weight is 630 g/mol. The van der Waals surface area contributed by atoms with Crippen LogP contribution in [-0.2, 0) is 21.4 Å². The summed E-state index contributed by atoms with van der Waals surface area (Å²) in [6.07, 6.45) is 2.33. The van der Waals surface area contributed by atoms with Gasteiger partial charge in [0, 0.05) is 23.1 Å². The van der Waals surface area contributed by atoms with Crippen LogP contribution in [0, 0.1) is 11.8 Å². The fraction of sp³-hybridized carbons (Fsp3) is 0.433. The molecule has 232 valence electrons. The van der Waals surface area contributed by atoms with Crippen molar-refractivity contribution in [1.82, 2.24) is 15.1 Å². The van der Waals surface area contributed by atoms with Crippen molar-refractivity contribution in [2.45, 2.75) is 74.5 Å². The van der Waals surface area contributed by atoms with Crippen molar-refractivity contribution in [2.24, 2.45) is 17.0 Å². The van der Waals surface area contributed by atoms with E-state index in [1.165, 1.54) is 24.3 Å². The first-order valence-electron chi connectivity index (χ1n) is 14.5. The monoisotopic (exact) mass is 629 g/mol. The van der Waals surface area contributed by atoms with E-state index >= 15 is 0 Å². The Kier molecular flexibility index (Phi) is 7.25. The minimum Gasteiger partial charge on any atom is -0.405 e. The predicted octanol–water partition coefficient (Wildman–Crippen LogP) is 5.89. The quantitative estimate of drug-likeness (QED) is 0.232. The second-order valence-electron chi connectivity index (χ2n) is 11.8. The second-order valence-corrected chi connectivity index (χ2v) is 13.4. The molecule has 0 saturated heterocycles. The summed E-state index contributed by atoms with van der Waals surface area (Å²) in [7, 11) is -3.84. The molecule has 3 fully saturated rings. The van der Waals surface area contributed by atoms with Gasteiger partial charge in [0.05, 0.1) is 34.8 Å². The van der Waals surface area contributed by atoms with Crippen molar-refractivity contribution in [3.8, 4) is 17.0 Å². The van der Waals surface area contributed by atoms with Crippen LogP contribution in [0.25, 0.3) is 22.3 Å². The molecule has 2 atom stereocenters. The molecule has 14 heteroatoms. The lowest BCUT2D eigenvalue weighted by Gasteiger charge is -2.36. The van der Waals surface area contributed by atoms with Crippen LogP contribution in [0.3, 0.4) is 0 Å². The number of nitrogens with two attached hydrogens (primary N) is 1. The van der Waals surface area contributed by atoms with Gasteiger partial charge in [0.1, 0.15) is 23.0 Å². The molecule has 7 rings (SSSR count). The highest BCUT2D eigenvalue weighted by Crippen LogP contribution is 2.47. The third kappa shape index (κ3) is 5.97. The van der Waals surface area contributed by atoms with Crippen LogP contribution >= 0.6 is 0 Å². The third-order valence-corrected chi connectivity index (χ3v) is 9.72. The molecule has 0 amide bonds. The number of para-hydroxylation sites is 1. The third-order valence-electron chi connectivity index (χ3n) is 8.81. The smallest absolute Gasteiger partial charge is 0.405 e. The number of aromatic nitrogens is 3. The number of hydrogen-bond donors (Lipinski definition) is 2. The van der Waals surface area contributed by atoms with Gasteiger partial charge in [-0.15, -0.1) is 13.2 Å². The van der Waals surface area contributed by atoms with Crippen LogP contribution in [-0.4, -0.2) is 42.1 Å². The normalized spacial score (nSPS) is 23.6. The number of alkyl halides is 3. The zero-order chi connectivity index (χ0) is 30.6. The van der Waals surface area contributed by atoms with Gasteiger partial charge in [-0.2, -0.15) is 0 Å². The lowest BCUT2D eigenvalue weighted by Crippen LogP contribution is -2.39. The van der Waals surface area contributed by atoms with Gasteiger partial charge < -0.3 is 19.3 Å². The largest absolute Gasteiger partial charge is 0.573 e. The first-order valence-corrected chi connectivity index (χ1v) is 16.1. The molecule has 3 N–H and O–H groups in total. The second kappa shape index (κ2) is 11.0. The molecule has 0 spiro atoms. The lowest BCUT2D eigenvalue weighted by molar-refractivity contribution is -0.274. The van der Waals surface area contributed by atoms with Gasteiger partial charge in [0.2, 0.25) is 10.0 Å². The number of ether oxygens (including phenoxy) is 2. The maximum Gasteiger partial charge on any atom is 0.573 e. The Labute approximate surface area is 251 Å². The number of halogens is 3. The van der Waals surface area contributed by atoms with Gasteiger partial charge in [-0.1, -0.05) is 17.3 Å². The summed E-state index contributed by atoms with van der Waals surface area (Å²) < 4.78 is 79.1. The van der Waals surface area contributed by atoms with Crippen LogP contribution in [0.2, 0.25) is 0 Å². The van der Waals surface area contributed by atoms with E-state index in [-0.39, 0.29) is 40.9 Å². The Morgan fingerprint density at radius 2 is 1.77 bits per heavy atom. The first kappa shape index (κ1) is 29.0. The van der Waals surface area contributed by atoms with Crippen molar-refractivity contribution in [1.29, 1.82) is 0 Å². The summed E-state index contributed by atoms with van der Waals surface area (Å²) in [4.78, 5) is 9.02. The van der Waals surface area contributed by atoms with E-state index in [2.05, 4.69) is 25.2 Å². The molecule has 2 bridgehead atoms. The topological polar surface area (TPSA) is 142 Å². The van der Waals surface area contributed by atoms with Crippen molar-refractivity contribution in [3.05, 3.63) is 60.0 Å². The van der Waals surface area contributed by atoms with Gasteiger partial charge >= 0.3 is 6.36 Å². The van der Waals surface area contributed by atoms with Gasteiger partial charge in [0.25, 0.3) is 0 Å². The molecule has 3 aliphatic rings. The Hall–Kier alpha value is -3.75. The van der Waals surface area contributed by atoms with Crippen LogP contribution in [0.5, 0.6) is 5.75 Å². The fourth-order valence-corrected chi connectivity index (χ4v) is 7.20. The Balaban J connectivity index is 1.05. The van der Waals surface area contributed by atoms with Gasteiger partial charge in [-0.05, 0) is 80.7 Å². The Morgan fingerprint density at radius 3 is 2.48 bits per heavy atom. The van der Waals surface area contributed by atoms with Crippen LogP contribution in [0.15, 0.2) is 58.1 Å². The number of nitrogens with zero attached hydrogens (tertiary/aromatic N) is 3. The molecule has 2 heterocycles. The molecular formula is C30H30F3N5O5S. The van der Waals surface area contributed by atoms with Gasteiger partial charge in [-0.25, -0.2) is 18.5 Å². The number of primary sulfonamides is 1. The number of nitrogens with one attached hydrogen (secondary N) is 1. The van der Waals surface area contributed by atoms with E-state index in [1.54, 1.807) is 24.4 Å². The Morgan fingerprint density at radius 1 is 1.02 bits per heavy atom. The van der Waals surface area contributed by atoms with Crippen LogP contribution in [0.4, 0.5) is 19.0 Å². The van der Waals surface area contributed by atoms with E-state index in [9.17, 15) is 21.6 Å². The van der Waals surface area contributed by atoms with Crippen molar-refractivity contribution in [3.63, 3.8) is 0 Å². The predicted molar refractivity (Wildman–Crippen MR) is 153 cm³/mol. The molecule has 10 nitrogen and oxygen atoms in total. The maximum absolute atomic E-state index is 13.1. The van der Waals surface area contributed by atoms with Crippen molar-refractivity contribution in [2.75, 3.05) is 5.32 Å². The zero-order valence-corrected chi connectivity index (χ0v) is 24.3. The van der Waals surface area contributed by atoms with Crippen LogP contribution in [0.1, 0.15) is 55.8 Å². The highest BCUT2D eigenvalue weighted by Gasteiger charge is 2.44. The zero-order valence-electron chi connectivity index (χ0n) is 23.5. The van der Waals surface area contributed by atoms with E-state index in [4.69, 9.17) is 14.4 Å². The molecular weight excluding hydrogens is 599 g/mol. The molecule has 0 aliphatic heterocycles.